The van der Waals surface area contributed by atoms with E-state index in [2.05, 4.69) is 5.16 Å². The summed E-state index contributed by atoms with van der Waals surface area (Å²) in [4.78, 5) is 25.4. The molecule has 1 amide bonds. The van der Waals surface area contributed by atoms with Gasteiger partial charge in [0.1, 0.15) is 6.54 Å². The number of thiophene rings is 1. The van der Waals surface area contributed by atoms with Crippen LogP contribution in [-0.4, -0.2) is 40.1 Å². The normalized spacial score (nSPS) is 10.8. The Morgan fingerprint density at radius 2 is 2.24 bits per heavy atom. The topological polar surface area (TPSA) is 83.6 Å². The van der Waals surface area contributed by atoms with Gasteiger partial charge in [0.2, 0.25) is 0 Å². The lowest BCUT2D eigenvalue weighted by atomic mass is 10.2. The highest BCUT2D eigenvalue weighted by Gasteiger charge is 2.23. The van der Waals surface area contributed by atoms with Gasteiger partial charge in [0.15, 0.2) is 11.5 Å². The second-order valence-corrected chi connectivity index (χ2v) is 5.97. The lowest BCUT2D eigenvalue weighted by Gasteiger charge is -2.21. The van der Waals surface area contributed by atoms with Crippen LogP contribution in [0.4, 0.5) is 0 Å². The minimum absolute atomic E-state index is 0.125. The van der Waals surface area contributed by atoms with E-state index in [1.165, 1.54) is 16.2 Å². The molecule has 0 aliphatic carbocycles. The number of aliphatic carboxylic acids is 1. The Morgan fingerprint density at radius 3 is 2.81 bits per heavy atom. The van der Waals surface area contributed by atoms with Crippen molar-refractivity contribution < 1.29 is 19.2 Å². The lowest BCUT2D eigenvalue weighted by Crippen LogP contribution is -2.38. The molecule has 2 aromatic rings. The molecule has 0 saturated heterocycles. The molecule has 0 saturated carbocycles. The monoisotopic (exact) mass is 308 g/mol. The van der Waals surface area contributed by atoms with Crippen molar-refractivity contribution in [2.45, 2.75) is 13.8 Å². The van der Waals surface area contributed by atoms with Crippen LogP contribution in [0.2, 0.25) is 0 Å². The lowest BCUT2D eigenvalue weighted by molar-refractivity contribution is -0.137. The standard InChI is InChI=1S/C14H16N2O4S/c1-9(2)7-16(8-13(17)18)14(19)10-6-11(20-15-10)12-4-3-5-21-12/h3-6,9H,7-8H2,1-2H3,(H,17,18). The summed E-state index contributed by atoms with van der Waals surface area (Å²) < 4.78 is 5.16. The van der Waals surface area contributed by atoms with Gasteiger partial charge in [-0.1, -0.05) is 25.1 Å². The summed E-state index contributed by atoms with van der Waals surface area (Å²) in [5.74, 6) is -0.811. The van der Waals surface area contributed by atoms with Gasteiger partial charge in [-0.3, -0.25) is 9.59 Å². The van der Waals surface area contributed by atoms with E-state index in [0.717, 1.165) is 4.88 Å². The molecule has 21 heavy (non-hydrogen) atoms. The summed E-state index contributed by atoms with van der Waals surface area (Å²) in [7, 11) is 0. The number of hydrogen-bond donors (Lipinski definition) is 1. The van der Waals surface area contributed by atoms with Crippen LogP contribution in [0, 0.1) is 5.92 Å². The van der Waals surface area contributed by atoms with E-state index in [9.17, 15) is 9.59 Å². The van der Waals surface area contributed by atoms with Gasteiger partial charge < -0.3 is 14.5 Å². The molecule has 0 aromatic carbocycles. The van der Waals surface area contributed by atoms with Crippen molar-refractivity contribution in [3.8, 4) is 10.6 Å². The Kier molecular flexibility index (Phi) is 4.74. The molecule has 7 heteroatoms. The zero-order valence-electron chi connectivity index (χ0n) is 11.8. The van der Waals surface area contributed by atoms with E-state index in [0.29, 0.717) is 12.3 Å². The Labute approximate surface area is 126 Å². The molecule has 0 radical (unpaired) electrons. The maximum atomic E-state index is 12.3. The molecule has 1 N–H and O–H groups in total. The van der Waals surface area contributed by atoms with Crippen LogP contribution >= 0.6 is 11.3 Å². The van der Waals surface area contributed by atoms with Gasteiger partial charge in [-0.2, -0.15) is 0 Å². The number of carbonyl (C=O) groups is 2. The smallest absolute Gasteiger partial charge is 0.323 e. The number of rotatable bonds is 6. The first-order chi connectivity index (χ1) is 9.97. The number of carboxylic acids is 1. The Hall–Kier alpha value is -2.15. The quantitative estimate of drug-likeness (QED) is 0.886. The van der Waals surface area contributed by atoms with E-state index < -0.39 is 11.9 Å². The van der Waals surface area contributed by atoms with E-state index in [4.69, 9.17) is 9.63 Å². The van der Waals surface area contributed by atoms with Gasteiger partial charge in [0.05, 0.1) is 4.88 Å². The number of carboxylic acid groups (broad SMARTS) is 1. The van der Waals surface area contributed by atoms with E-state index in [1.54, 1.807) is 6.07 Å². The van der Waals surface area contributed by atoms with E-state index in [1.807, 2.05) is 31.4 Å². The van der Waals surface area contributed by atoms with Crippen molar-refractivity contribution in [3.63, 3.8) is 0 Å². The van der Waals surface area contributed by atoms with Crippen molar-refractivity contribution >= 4 is 23.2 Å². The fraction of sp³-hybridized carbons (Fsp3) is 0.357. The second-order valence-electron chi connectivity index (χ2n) is 5.03. The molecule has 0 aliphatic heterocycles. The van der Waals surface area contributed by atoms with Gasteiger partial charge in [-0.25, -0.2) is 0 Å². The predicted octanol–water partition coefficient (Wildman–Crippen LogP) is 2.59. The SMILES string of the molecule is CC(C)CN(CC(=O)O)C(=O)c1cc(-c2cccs2)on1. The third kappa shape index (κ3) is 3.91. The number of aromatic nitrogens is 1. The zero-order chi connectivity index (χ0) is 15.4. The predicted molar refractivity (Wildman–Crippen MR) is 78.2 cm³/mol. The number of nitrogens with zero attached hydrogens (tertiary/aromatic N) is 2. The van der Waals surface area contributed by atoms with Crippen LogP contribution in [0.15, 0.2) is 28.1 Å². The first kappa shape index (κ1) is 15.2. The van der Waals surface area contributed by atoms with Crippen molar-refractivity contribution in [2.75, 3.05) is 13.1 Å². The van der Waals surface area contributed by atoms with E-state index in [-0.39, 0.29) is 18.2 Å². The highest BCUT2D eigenvalue weighted by atomic mass is 32.1. The molecule has 0 spiro atoms. The molecule has 0 atom stereocenters. The van der Waals surface area contributed by atoms with Gasteiger partial charge in [0, 0.05) is 12.6 Å². The molecule has 0 aliphatic rings. The third-order valence-corrected chi connectivity index (χ3v) is 3.58. The first-order valence-electron chi connectivity index (χ1n) is 6.49. The van der Waals surface area contributed by atoms with Crippen molar-refractivity contribution in [2.24, 2.45) is 5.92 Å². The van der Waals surface area contributed by atoms with Crippen LogP contribution in [0.5, 0.6) is 0 Å². The fourth-order valence-electron chi connectivity index (χ4n) is 1.90. The van der Waals surface area contributed by atoms with Gasteiger partial charge in [-0.05, 0) is 17.4 Å². The van der Waals surface area contributed by atoms with E-state index >= 15 is 0 Å². The molecule has 2 aromatic heterocycles. The zero-order valence-corrected chi connectivity index (χ0v) is 12.6. The van der Waals surface area contributed by atoms with Crippen LogP contribution in [0.25, 0.3) is 10.6 Å². The summed E-state index contributed by atoms with van der Waals surface area (Å²) in [6, 6.07) is 5.28. The second kappa shape index (κ2) is 6.53. The molecule has 0 bridgehead atoms. The Balaban J connectivity index is 2.18. The molecule has 0 unspecified atom stereocenters. The number of amides is 1. The molecule has 112 valence electrons. The molecule has 0 fully saturated rings. The van der Waals surface area contributed by atoms with Gasteiger partial charge >= 0.3 is 5.97 Å². The van der Waals surface area contributed by atoms with Crippen molar-refractivity contribution in [3.05, 3.63) is 29.3 Å². The summed E-state index contributed by atoms with van der Waals surface area (Å²) in [6.45, 7) is 3.84. The molecular formula is C14H16N2O4S. The molecule has 6 nitrogen and oxygen atoms in total. The first-order valence-corrected chi connectivity index (χ1v) is 7.37. The highest BCUT2D eigenvalue weighted by Crippen LogP contribution is 2.25. The number of hydrogen-bond acceptors (Lipinski definition) is 5. The van der Waals surface area contributed by atoms with Crippen molar-refractivity contribution in [1.29, 1.82) is 0 Å². The Bertz CT molecular complexity index is 619. The summed E-state index contributed by atoms with van der Waals surface area (Å²) in [5, 5.41) is 14.6. The molecule has 2 heterocycles. The molecular weight excluding hydrogens is 292 g/mol. The number of carbonyl (C=O) groups excluding carboxylic acids is 1. The van der Waals surface area contributed by atoms with Crippen LogP contribution < -0.4 is 0 Å². The molecule has 2 rings (SSSR count). The minimum Gasteiger partial charge on any atom is -0.480 e. The Morgan fingerprint density at radius 1 is 1.48 bits per heavy atom. The van der Waals surface area contributed by atoms with Gasteiger partial charge in [-0.15, -0.1) is 11.3 Å². The fourth-order valence-corrected chi connectivity index (χ4v) is 2.57. The third-order valence-electron chi connectivity index (χ3n) is 2.69. The summed E-state index contributed by atoms with van der Waals surface area (Å²) in [6.07, 6.45) is 0. The maximum absolute atomic E-state index is 12.3. The average molecular weight is 308 g/mol. The van der Waals surface area contributed by atoms with Gasteiger partial charge in [0.25, 0.3) is 5.91 Å². The highest BCUT2D eigenvalue weighted by molar-refractivity contribution is 7.13. The largest absolute Gasteiger partial charge is 0.480 e. The summed E-state index contributed by atoms with van der Waals surface area (Å²) >= 11 is 1.48. The maximum Gasteiger partial charge on any atom is 0.323 e. The van der Waals surface area contributed by atoms with Crippen LogP contribution in [0.3, 0.4) is 0 Å². The summed E-state index contributed by atoms with van der Waals surface area (Å²) in [5.41, 5.74) is 0.125. The van der Waals surface area contributed by atoms with Crippen LogP contribution in [0.1, 0.15) is 24.3 Å². The van der Waals surface area contributed by atoms with Crippen LogP contribution in [-0.2, 0) is 4.79 Å². The average Bonchev–Trinajstić information content (AvgIpc) is 3.06. The minimum atomic E-state index is -1.05. The van der Waals surface area contributed by atoms with Crippen molar-refractivity contribution in [1.82, 2.24) is 10.1 Å².